The predicted molar refractivity (Wildman–Crippen MR) is 76.7 cm³/mol. The molecule has 106 valence electrons. The zero-order valence-electron chi connectivity index (χ0n) is 12.0. The van der Waals surface area contributed by atoms with Crippen LogP contribution in [-0.2, 0) is 13.2 Å². The number of hydrogen-bond donors (Lipinski definition) is 2. The lowest BCUT2D eigenvalue weighted by Crippen LogP contribution is -2.47. The Hall–Kier alpha value is -0.900. The molecule has 2 rings (SSSR count). The Labute approximate surface area is 115 Å². The molecule has 0 aliphatic heterocycles. The lowest BCUT2D eigenvalue weighted by molar-refractivity contribution is 0.0457. The van der Waals surface area contributed by atoms with Crippen LogP contribution in [0.1, 0.15) is 37.3 Å². The van der Waals surface area contributed by atoms with Gasteiger partial charge in [0.15, 0.2) is 0 Å². The molecule has 2 atom stereocenters. The van der Waals surface area contributed by atoms with Crippen LogP contribution < -0.4 is 0 Å². The van der Waals surface area contributed by atoms with Gasteiger partial charge in [-0.1, -0.05) is 31.2 Å². The Morgan fingerprint density at radius 1 is 1.21 bits per heavy atom. The summed E-state index contributed by atoms with van der Waals surface area (Å²) in [5.41, 5.74) is 2.12. The zero-order chi connectivity index (χ0) is 13.9. The molecule has 1 aromatic rings. The molecule has 3 heteroatoms. The van der Waals surface area contributed by atoms with Crippen molar-refractivity contribution >= 4 is 0 Å². The number of nitrogens with zero attached hydrogens (tertiary/aromatic N) is 1. The van der Waals surface area contributed by atoms with Crippen molar-refractivity contribution in [3.05, 3.63) is 35.4 Å². The number of rotatable bonds is 5. The average molecular weight is 263 g/mol. The van der Waals surface area contributed by atoms with E-state index in [1.807, 2.05) is 12.1 Å². The van der Waals surface area contributed by atoms with Gasteiger partial charge in [0.05, 0.1) is 13.2 Å². The summed E-state index contributed by atoms with van der Waals surface area (Å²) in [4.78, 5) is 2.30. The minimum Gasteiger partial charge on any atom is -0.394 e. The third kappa shape index (κ3) is 3.16. The van der Waals surface area contributed by atoms with Crippen LogP contribution in [0.2, 0.25) is 0 Å². The summed E-state index contributed by atoms with van der Waals surface area (Å²) in [5.74, 6) is 0.700. The van der Waals surface area contributed by atoms with Crippen LogP contribution in [0.25, 0.3) is 0 Å². The Bertz CT molecular complexity index is 404. The van der Waals surface area contributed by atoms with Gasteiger partial charge in [0.2, 0.25) is 0 Å². The highest BCUT2D eigenvalue weighted by atomic mass is 16.3. The minimum atomic E-state index is -0.0466. The molecule has 0 bridgehead atoms. The van der Waals surface area contributed by atoms with Crippen molar-refractivity contribution in [1.82, 2.24) is 4.90 Å². The largest absolute Gasteiger partial charge is 0.394 e. The van der Waals surface area contributed by atoms with Gasteiger partial charge in [-0.2, -0.15) is 0 Å². The van der Waals surface area contributed by atoms with Crippen LogP contribution in [0.3, 0.4) is 0 Å². The summed E-state index contributed by atoms with van der Waals surface area (Å²) in [6.45, 7) is 3.44. The van der Waals surface area contributed by atoms with Gasteiger partial charge in [0.25, 0.3) is 0 Å². The Balaban J connectivity index is 2.04. The fourth-order valence-electron chi connectivity index (χ4n) is 3.17. The number of hydrogen-bond acceptors (Lipinski definition) is 3. The summed E-state index contributed by atoms with van der Waals surface area (Å²) in [6, 6.07) is 8.05. The molecule has 1 saturated carbocycles. The van der Waals surface area contributed by atoms with Crippen molar-refractivity contribution in [2.24, 2.45) is 5.92 Å². The van der Waals surface area contributed by atoms with Gasteiger partial charge < -0.3 is 10.2 Å². The summed E-state index contributed by atoms with van der Waals surface area (Å²) in [7, 11) is 2.11. The maximum absolute atomic E-state index is 9.79. The van der Waals surface area contributed by atoms with E-state index in [2.05, 4.69) is 31.0 Å². The Morgan fingerprint density at radius 2 is 1.84 bits per heavy atom. The maximum atomic E-state index is 9.79. The second kappa shape index (κ2) is 6.04. The molecule has 0 heterocycles. The highest BCUT2D eigenvalue weighted by molar-refractivity contribution is 5.22. The first-order chi connectivity index (χ1) is 9.09. The van der Waals surface area contributed by atoms with Crippen LogP contribution in [0.15, 0.2) is 24.3 Å². The van der Waals surface area contributed by atoms with E-state index in [9.17, 15) is 5.11 Å². The monoisotopic (exact) mass is 263 g/mol. The van der Waals surface area contributed by atoms with Crippen molar-refractivity contribution in [1.29, 1.82) is 0 Å². The topological polar surface area (TPSA) is 43.7 Å². The van der Waals surface area contributed by atoms with Crippen molar-refractivity contribution in [2.75, 3.05) is 13.7 Å². The summed E-state index contributed by atoms with van der Waals surface area (Å²) >= 11 is 0. The molecule has 0 saturated heterocycles. The third-order valence-corrected chi connectivity index (χ3v) is 4.56. The van der Waals surface area contributed by atoms with E-state index in [1.54, 1.807) is 0 Å². The highest BCUT2D eigenvalue weighted by Crippen LogP contribution is 2.38. The number of benzene rings is 1. The van der Waals surface area contributed by atoms with E-state index in [4.69, 9.17) is 5.11 Å². The molecule has 1 aliphatic rings. The lowest BCUT2D eigenvalue weighted by Gasteiger charge is -2.37. The first kappa shape index (κ1) is 14.5. The van der Waals surface area contributed by atoms with Gasteiger partial charge in [0.1, 0.15) is 0 Å². The molecular weight excluding hydrogens is 238 g/mol. The molecule has 0 aromatic heterocycles. The molecular formula is C16H25NO2. The minimum absolute atomic E-state index is 0.0466. The molecule has 2 unspecified atom stereocenters. The van der Waals surface area contributed by atoms with E-state index in [0.717, 1.165) is 24.9 Å². The predicted octanol–water partition coefficient (Wildman–Crippen LogP) is 2.16. The molecule has 0 spiro atoms. The Kier molecular flexibility index (Phi) is 4.61. The van der Waals surface area contributed by atoms with Crippen LogP contribution in [0.5, 0.6) is 0 Å². The zero-order valence-corrected chi connectivity index (χ0v) is 12.0. The number of likely N-dealkylation sites (N-methyl/N-ethyl adjacent to an activating group) is 1. The molecule has 0 radical (unpaired) electrons. The first-order valence-electron chi connectivity index (χ1n) is 7.10. The van der Waals surface area contributed by atoms with Gasteiger partial charge >= 0.3 is 0 Å². The third-order valence-electron chi connectivity index (χ3n) is 4.56. The standard InChI is InChI=1S/C16H25NO2/c1-13-7-8-16(9-13,12-19)17(2)10-14-3-5-15(11-18)6-4-14/h3-6,13,18-19H,7-12H2,1-2H3. The van der Waals surface area contributed by atoms with Crippen LogP contribution >= 0.6 is 0 Å². The SMILES string of the molecule is CC1CCC(CO)(N(C)Cc2ccc(CO)cc2)C1. The number of aliphatic hydroxyl groups excluding tert-OH is 2. The first-order valence-corrected chi connectivity index (χ1v) is 7.10. The van der Waals surface area contributed by atoms with E-state index in [0.29, 0.717) is 5.92 Å². The summed E-state index contributed by atoms with van der Waals surface area (Å²) in [6.07, 6.45) is 3.36. The van der Waals surface area contributed by atoms with Crippen LogP contribution in [0.4, 0.5) is 0 Å². The molecule has 1 fully saturated rings. The van der Waals surface area contributed by atoms with Gasteiger partial charge in [-0.05, 0) is 43.4 Å². The quantitative estimate of drug-likeness (QED) is 0.855. The second-order valence-corrected chi connectivity index (χ2v) is 6.06. The fourth-order valence-corrected chi connectivity index (χ4v) is 3.17. The normalized spacial score (nSPS) is 27.1. The van der Waals surface area contributed by atoms with Crippen LogP contribution in [0, 0.1) is 5.92 Å². The number of aliphatic hydroxyl groups is 2. The molecule has 0 amide bonds. The molecule has 3 nitrogen and oxygen atoms in total. The lowest BCUT2D eigenvalue weighted by atomic mass is 9.94. The van der Waals surface area contributed by atoms with Gasteiger partial charge in [-0.15, -0.1) is 0 Å². The smallest absolute Gasteiger partial charge is 0.0681 e. The van der Waals surface area contributed by atoms with Gasteiger partial charge in [-0.25, -0.2) is 0 Å². The molecule has 19 heavy (non-hydrogen) atoms. The maximum Gasteiger partial charge on any atom is 0.0681 e. The van der Waals surface area contributed by atoms with E-state index < -0.39 is 0 Å². The average Bonchev–Trinajstić information content (AvgIpc) is 2.82. The van der Waals surface area contributed by atoms with E-state index in [1.165, 1.54) is 12.0 Å². The van der Waals surface area contributed by atoms with Gasteiger partial charge in [0, 0.05) is 12.1 Å². The van der Waals surface area contributed by atoms with E-state index >= 15 is 0 Å². The fraction of sp³-hybridized carbons (Fsp3) is 0.625. The van der Waals surface area contributed by atoms with E-state index in [-0.39, 0.29) is 18.8 Å². The second-order valence-electron chi connectivity index (χ2n) is 6.06. The molecule has 1 aliphatic carbocycles. The summed E-state index contributed by atoms with van der Waals surface area (Å²) in [5, 5.41) is 18.8. The Morgan fingerprint density at radius 3 is 2.32 bits per heavy atom. The van der Waals surface area contributed by atoms with Gasteiger partial charge in [-0.3, -0.25) is 4.90 Å². The van der Waals surface area contributed by atoms with Crippen molar-refractivity contribution < 1.29 is 10.2 Å². The molecule has 1 aromatic carbocycles. The highest BCUT2D eigenvalue weighted by Gasteiger charge is 2.40. The van der Waals surface area contributed by atoms with Crippen LogP contribution in [-0.4, -0.2) is 34.3 Å². The van der Waals surface area contributed by atoms with Crippen molar-refractivity contribution in [3.63, 3.8) is 0 Å². The molecule has 2 N–H and O–H groups in total. The van der Waals surface area contributed by atoms with Crippen molar-refractivity contribution in [3.8, 4) is 0 Å². The summed E-state index contributed by atoms with van der Waals surface area (Å²) < 4.78 is 0. The van der Waals surface area contributed by atoms with Crippen molar-refractivity contribution in [2.45, 2.75) is 44.9 Å².